The van der Waals surface area contributed by atoms with Gasteiger partial charge in [-0.05, 0) is 80.0 Å². The summed E-state index contributed by atoms with van der Waals surface area (Å²) in [6, 6.07) is 17.1. The van der Waals surface area contributed by atoms with Crippen LogP contribution in [0.25, 0.3) is 10.8 Å². The summed E-state index contributed by atoms with van der Waals surface area (Å²) in [7, 11) is 1.52. The minimum absolute atomic E-state index is 0.115. The molecule has 232 valence electrons. The third kappa shape index (κ3) is 5.90. The van der Waals surface area contributed by atoms with Crippen molar-refractivity contribution in [2.75, 3.05) is 13.9 Å². The minimum atomic E-state index is -0.593. The average molecular weight is 602 g/mol. The number of aryl methyl sites for hydroxylation is 1. The van der Waals surface area contributed by atoms with E-state index in [1.54, 1.807) is 12.1 Å². The first-order valence-corrected chi connectivity index (χ1v) is 15.3. The highest BCUT2D eigenvalue weighted by Gasteiger charge is 2.48. The number of fused-ring (bicyclic) bond motifs is 2. The normalized spacial score (nSPS) is 27.8. The lowest BCUT2D eigenvalue weighted by Crippen LogP contribution is -2.46. The van der Waals surface area contributed by atoms with Gasteiger partial charge in [-0.2, -0.15) is 0 Å². The maximum Gasteiger partial charge on any atom is 0.312 e. The number of methoxy groups -OCH3 is 1. The fraction of sp³-hybridized carbons (Fsp3) is 0.457. The van der Waals surface area contributed by atoms with Gasteiger partial charge in [-0.3, -0.25) is 9.59 Å². The summed E-state index contributed by atoms with van der Waals surface area (Å²) in [4.78, 5) is 38.4. The van der Waals surface area contributed by atoms with E-state index in [4.69, 9.17) is 23.7 Å². The fourth-order valence-corrected chi connectivity index (χ4v) is 6.76. The number of hydrogen-bond donors (Lipinski definition) is 1. The van der Waals surface area contributed by atoms with Crippen molar-refractivity contribution in [3.8, 4) is 11.5 Å². The number of esters is 1. The van der Waals surface area contributed by atoms with E-state index in [0.29, 0.717) is 49.2 Å². The molecule has 4 atom stereocenters. The van der Waals surface area contributed by atoms with Gasteiger partial charge in [0.1, 0.15) is 37.3 Å². The van der Waals surface area contributed by atoms with Crippen molar-refractivity contribution in [1.29, 1.82) is 0 Å². The van der Waals surface area contributed by atoms with Crippen LogP contribution in [0.5, 0.6) is 11.5 Å². The molecule has 0 radical (unpaired) electrons. The monoisotopic (exact) mass is 601 g/mol. The molecule has 1 saturated heterocycles. The van der Waals surface area contributed by atoms with E-state index in [1.807, 2.05) is 44.2 Å². The molecule has 1 heterocycles. The molecule has 3 aliphatic rings. The lowest BCUT2D eigenvalue weighted by molar-refractivity contribution is -0.159. The second-order valence-electron chi connectivity index (χ2n) is 12.4. The van der Waals surface area contributed by atoms with Gasteiger partial charge in [0.25, 0.3) is 5.91 Å². The predicted octanol–water partition coefficient (Wildman–Crippen LogP) is 5.29. The highest BCUT2D eigenvalue weighted by Crippen LogP contribution is 2.40. The SMILES string of the molecule is COc1cc(C)c(OC2CCC(C)(C(=O)OCc3cccc4ccccc34)CC2)cc1C(=O)N[C@@H]1[C@H]2OCO[C@H]2C[C@@H]1C=O. The van der Waals surface area contributed by atoms with E-state index >= 15 is 0 Å². The molecule has 1 aliphatic heterocycles. The second-order valence-corrected chi connectivity index (χ2v) is 12.4. The third-order valence-electron chi connectivity index (χ3n) is 9.50. The molecule has 3 aromatic carbocycles. The lowest BCUT2D eigenvalue weighted by Gasteiger charge is -2.35. The Balaban J connectivity index is 1.09. The number of aldehydes is 1. The largest absolute Gasteiger partial charge is 0.496 e. The zero-order valence-corrected chi connectivity index (χ0v) is 25.4. The Labute approximate surface area is 257 Å². The van der Waals surface area contributed by atoms with Gasteiger partial charge in [-0.1, -0.05) is 42.5 Å². The van der Waals surface area contributed by atoms with Crippen molar-refractivity contribution >= 4 is 28.9 Å². The summed E-state index contributed by atoms with van der Waals surface area (Å²) >= 11 is 0. The topological polar surface area (TPSA) is 109 Å². The number of rotatable bonds is 9. The Bertz CT molecular complexity index is 1540. The van der Waals surface area contributed by atoms with Crippen LogP contribution in [-0.2, 0) is 30.4 Å². The van der Waals surface area contributed by atoms with Crippen molar-refractivity contribution in [2.45, 2.75) is 76.9 Å². The highest BCUT2D eigenvalue weighted by molar-refractivity contribution is 5.98. The van der Waals surface area contributed by atoms with Crippen LogP contribution in [-0.4, -0.2) is 56.4 Å². The van der Waals surface area contributed by atoms with Crippen LogP contribution in [0.4, 0.5) is 0 Å². The molecule has 3 aromatic rings. The van der Waals surface area contributed by atoms with Gasteiger partial charge < -0.3 is 33.8 Å². The standard InChI is InChI=1S/C35H39NO8/c1-21-15-29(40-3)27(33(38)36-31-24(18-37)16-30-32(31)43-20-42-30)17-28(21)44-25-11-13-35(2,14-12-25)34(39)41-19-23-9-6-8-22-7-4-5-10-26(22)23/h4-10,15,17-18,24-25,30-32H,11-14,16,19-20H2,1-3H3,(H,36,38)/t24-,25?,30+,31+,32+,35?/m1/s1. The number of nitrogens with one attached hydrogen (secondary N) is 1. The van der Waals surface area contributed by atoms with Gasteiger partial charge in [-0.15, -0.1) is 0 Å². The van der Waals surface area contributed by atoms with Crippen LogP contribution in [0.15, 0.2) is 54.6 Å². The summed E-state index contributed by atoms with van der Waals surface area (Å²) < 4.78 is 29.0. The number of carbonyl (C=O) groups excluding carboxylic acids is 3. The van der Waals surface area contributed by atoms with Gasteiger partial charge in [0, 0.05) is 5.92 Å². The Kier molecular flexibility index (Phi) is 8.60. The molecule has 9 heteroatoms. The summed E-state index contributed by atoms with van der Waals surface area (Å²) in [5.41, 5.74) is 1.55. The number of amides is 1. The molecule has 0 spiro atoms. The molecule has 2 aliphatic carbocycles. The molecular formula is C35H39NO8. The molecule has 6 rings (SSSR count). The molecule has 0 bridgehead atoms. The smallest absolute Gasteiger partial charge is 0.312 e. The first kappa shape index (κ1) is 30.1. The van der Waals surface area contributed by atoms with Crippen LogP contribution in [0.1, 0.15) is 60.5 Å². The summed E-state index contributed by atoms with van der Waals surface area (Å²) in [5, 5.41) is 5.19. The molecule has 1 N–H and O–H groups in total. The Morgan fingerprint density at radius 3 is 2.59 bits per heavy atom. The van der Waals surface area contributed by atoms with E-state index in [2.05, 4.69) is 17.4 Å². The van der Waals surface area contributed by atoms with Crippen molar-refractivity contribution in [1.82, 2.24) is 5.32 Å². The molecule has 1 amide bonds. The summed E-state index contributed by atoms with van der Waals surface area (Å²) in [6.07, 6.45) is 3.30. The third-order valence-corrected chi connectivity index (χ3v) is 9.50. The van der Waals surface area contributed by atoms with Gasteiger partial charge >= 0.3 is 5.97 Å². The fourth-order valence-electron chi connectivity index (χ4n) is 6.76. The van der Waals surface area contributed by atoms with Crippen molar-refractivity contribution < 1.29 is 38.1 Å². The van der Waals surface area contributed by atoms with Crippen molar-refractivity contribution in [3.05, 3.63) is 71.3 Å². The molecular weight excluding hydrogens is 562 g/mol. The van der Waals surface area contributed by atoms with Crippen LogP contribution in [0.2, 0.25) is 0 Å². The average Bonchev–Trinajstić information content (AvgIpc) is 3.63. The maximum atomic E-state index is 13.5. The number of carbonyl (C=O) groups is 3. The van der Waals surface area contributed by atoms with Gasteiger partial charge in [0.05, 0.1) is 36.3 Å². The minimum Gasteiger partial charge on any atom is -0.496 e. The van der Waals surface area contributed by atoms with Crippen LogP contribution in [0, 0.1) is 18.3 Å². The van der Waals surface area contributed by atoms with Gasteiger partial charge in [0.2, 0.25) is 0 Å². The van der Waals surface area contributed by atoms with Crippen LogP contribution in [0.3, 0.4) is 0 Å². The first-order valence-electron chi connectivity index (χ1n) is 15.3. The second kappa shape index (κ2) is 12.6. The summed E-state index contributed by atoms with van der Waals surface area (Å²) in [5.74, 6) is 0.0440. The van der Waals surface area contributed by atoms with Crippen LogP contribution < -0.4 is 14.8 Å². The zero-order chi connectivity index (χ0) is 30.8. The number of ether oxygens (including phenoxy) is 5. The number of hydrogen-bond acceptors (Lipinski definition) is 8. The molecule has 44 heavy (non-hydrogen) atoms. The van der Waals surface area contributed by atoms with E-state index in [9.17, 15) is 14.4 Å². The molecule has 0 unspecified atom stereocenters. The van der Waals surface area contributed by atoms with Gasteiger partial charge in [0.15, 0.2) is 0 Å². The maximum absolute atomic E-state index is 13.5. The number of benzene rings is 3. The Morgan fingerprint density at radius 1 is 1.05 bits per heavy atom. The van der Waals surface area contributed by atoms with Gasteiger partial charge in [-0.25, -0.2) is 0 Å². The predicted molar refractivity (Wildman–Crippen MR) is 163 cm³/mol. The zero-order valence-electron chi connectivity index (χ0n) is 25.4. The van der Waals surface area contributed by atoms with Crippen molar-refractivity contribution in [2.24, 2.45) is 11.3 Å². The van der Waals surface area contributed by atoms with E-state index < -0.39 is 17.4 Å². The highest BCUT2D eigenvalue weighted by atomic mass is 16.7. The molecule has 0 aromatic heterocycles. The van der Waals surface area contributed by atoms with Crippen molar-refractivity contribution in [3.63, 3.8) is 0 Å². The Hall–Kier alpha value is -3.95. The summed E-state index contributed by atoms with van der Waals surface area (Å²) in [6.45, 7) is 4.27. The van der Waals surface area contributed by atoms with E-state index in [1.165, 1.54) is 7.11 Å². The molecule has 2 saturated carbocycles. The lowest BCUT2D eigenvalue weighted by atomic mass is 9.74. The van der Waals surface area contributed by atoms with E-state index in [-0.39, 0.29) is 43.6 Å². The first-order chi connectivity index (χ1) is 21.3. The molecule has 9 nitrogen and oxygen atoms in total. The molecule has 3 fully saturated rings. The quantitative estimate of drug-likeness (QED) is 0.261. The Morgan fingerprint density at radius 2 is 1.82 bits per heavy atom. The van der Waals surface area contributed by atoms with E-state index in [0.717, 1.165) is 28.2 Å². The van der Waals surface area contributed by atoms with Crippen LogP contribution >= 0.6 is 0 Å².